The molecule has 5 rings (SSSR count). The number of nitrogens with zero attached hydrogens (tertiary/aromatic N) is 5. The highest BCUT2D eigenvalue weighted by atomic mass is 79.9. The number of carbonyl (C=O) groups excluding carboxylic acids is 1. The van der Waals surface area contributed by atoms with Crippen molar-refractivity contribution in [2.45, 2.75) is 13.8 Å². The number of hydrogen-bond acceptors (Lipinski definition) is 5. The van der Waals surface area contributed by atoms with Crippen LogP contribution in [0.15, 0.2) is 53.0 Å². The molecule has 0 saturated carbocycles. The van der Waals surface area contributed by atoms with Gasteiger partial charge in [-0.15, -0.1) is 0 Å². The maximum absolute atomic E-state index is 12.8. The van der Waals surface area contributed by atoms with Crippen molar-refractivity contribution in [2.75, 3.05) is 31.1 Å². The molecule has 0 spiro atoms. The average molecular weight is 496 g/mol. The average Bonchev–Trinajstić information content (AvgIpc) is 3.35. The first-order valence-electron chi connectivity index (χ1n) is 10.2. The van der Waals surface area contributed by atoms with E-state index >= 15 is 0 Å². The molecule has 1 fully saturated rings. The quantitative estimate of drug-likeness (QED) is 0.408. The van der Waals surface area contributed by atoms with Crippen LogP contribution in [-0.4, -0.2) is 51.8 Å². The zero-order valence-electron chi connectivity index (χ0n) is 17.4. The molecular weight excluding hydrogens is 474 g/mol. The topological polar surface area (TPSA) is 54.3 Å². The lowest BCUT2D eigenvalue weighted by Crippen LogP contribution is -2.48. The summed E-state index contributed by atoms with van der Waals surface area (Å²) < 4.78 is 3.96. The van der Waals surface area contributed by atoms with Gasteiger partial charge < -0.3 is 9.80 Å². The van der Waals surface area contributed by atoms with E-state index in [1.165, 1.54) is 5.56 Å². The number of amides is 1. The number of anilines is 1. The summed E-state index contributed by atoms with van der Waals surface area (Å²) in [5, 5.41) is 5.69. The number of rotatable bonds is 3. The van der Waals surface area contributed by atoms with E-state index < -0.39 is 0 Å². The van der Waals surface area contributed by atoms with Crippen LogP contribution in [0.3, 0.4) is 0 Å². The van der Waals surface area contributed by atoms with Gasteiger partial charge in [0.1, 0.15) is 0 Å². The van der Waals surface area contributed by atoms with Gasteiger partial charge in [-0.2, -0.15) is 10.1 Å². The van der Waals surface area contributed by atoms with Gasteiger partial charge in [0.15, 0.2) is 10.8 Å². The van der Waals surface area contributed by atoms with Crippen LogP contribution in [0.2, 0.25) is 0 Å². The van der Waals surface area contributed by atoms with Gasteiger partial charge in [0.2, 0.25) is 0 Å². The zero-order valence-corrected chi connectivity index (χ0v) is 19.8. The van der Waals surface area contributed by atoms with E-state index in [0.29, 0.717) is 13.1 Å². The highest BCUT2D eigenvalue weighted by molar-refractivity contribution is 9.10. The normalized spacial score (nSPS) is 14.4. The molecule has 158 valence electrons. The lowest BCUT2D eigenvalue weighted by Gasteiger charge is -2.34. The summed E-state index contributed by atoms with van der Waals surface area (Å²) in [6, 6.07) is 15.9. The Hall–Kier alpha value is -2.71. The van der Waals surface area contributed by atoms with Crippen molar-refractivity contribution in [1.29, 1.82) is 0 Å². The Labute approximate surface area is 193 Å². The SMILES string of the molecule is Cc1ccc(-n2nc(C)c3sc(N4CCN(C(=O)c5cccc(Br)c5)CC4)nc32)cc1. The Morgan fingerprint density at radius 2 is 1.77 bits per heavy atom. The van der Waals surface area contributed by atoms with Gasteiger partial charge >= 0.3 is 0 Å². The third-order valence-corrected chi connectivity index (χ3v) is 7.27. The van der Waals surface area contributed by atoms with Gasteiger partial charge in [0, 0.05) is 36.2 Å². The van der Waals surface area contributed by atoms with Crippen molar-refractivity contribution >= 4 is 48.7 Å². The maximum atomic E-state index is 12.8. The Morgan fingerprint density at radius 1 is 1.03 bits per heavy atom. The van der Waals surface area contributed by atoms with Crippen LogP contribution in [0.5, 0.6) is 0 Å². The fraction of sp³-hybridized carbons (Fsp3) is 0.261. The van der Waals surface area contributed by atoms with E-state index in [4.69, 9.17) is 10.1 Å². The number of fused-ring (bicyclic) bond motifs is 1. The van der Waals surface area contributed by atoms with Crippen molar-refractivity contribution in [3.63, 3.8) is 0 Å². The molecule has 31 heavy (non-hydrogen) atoms. The second-order valence-electron chi connectivity index (χ2n) is 7.77. The molecule has 2 aromatic carbocycles. The highest BCUT2D eigenvalue weighted by Crippen LogP contribution is 2.33. The molecule has 0 aliphatic carbocycles. The Bertz CT molecular complexity index is 1250. The number of halogens is 1. The summed E-state index contributed by atoms with van der Waals surface area (Å²) >= 11 is 5.13. The zero-order chi connectivity index (χ0) is 21.5. The lowest BCUT2D eigenvalue weighted by atomic mass is 10.2. The fourth-order valence-corrected chi connectivity index (χ4v) is 5.27. The monoisotopic (exact) mass is 495 g/mol. The van der Waals surface area contributed by atoms with E-state index in [1.807, 2.05) is 40.8 Å². The molecule has 0 atom stereocenters. The summed E-state index contributed by atoms with van der Waals surface area (Å²) in [6.45, 7) is 7.02. The number of piperazine rings is 1. The van der Waals surface area contributed by atoms with Crippen molar-refractivity contribution in [1.82, 2.24) is 19.7 Å². The lowest BCUT2D eigenvalue weighted by molar-refractivity contribution is 0.0746. The molecule has 8 heteroatoms. The standard InChI is InChI=1S/C23H22BrN5OS/c1-15-6-8-19(9-7-15)29-21-20(16(2)26-29)31-23(25-21)28-12-10-27(11-13-28)22(30)17-4-3-5-18(24)14-17/h3-9,14H,10-13H2,1-2H3. The number of hydrogen-bond donors (Lipinski definition) is 0. The van der Waals surface area contributed by atoms with Crippen LogP contribution in [0.4, 0.5) is 5.13 Å². The first kappa shape index (κ1) is 20.2. The predicted molar refractivity (Wildman–Crippen MR) is 128 cm³/mol. The number of aromatic nitrogens is 3. The van der Waals surface area contributed by atoms with E-state index in [1.54, 1.807) is 11.3 Å². The van der Waals surface area contributed by atoms with Gasteiger partial charge in [0.25, 0.3) is 5.91 Å². The maximum Gasteiger partial charge on any atom is 0.254 e. The van der Waals surface area contributed by atoms with Gasteiger partial charge in [-0.3, -0.25) is 4.79 Å². The molecule has 1 amide bonds. The summed E-state index contributed by atoms with van der Waals surface area (Å²) in [7, 11) is 0. The van der Waals surface area contributed by atoms with Crippen LogP contribution >= 0.6 is 27.3 Å². The minimum atomic E-state index is 0.0797. The minimum absolute atomic E-state index is 0.0797. The van der Waals surface area contributed by atoms with Gasteiger partial charge in [-0.1, -0.05) is 51.0 Å². The molecule has 6 nitrogen and oxygen atoms in total. The molecule has 1 aliphatic rings. The molecule has 4 aromatic rings. The third kappa shape index (κ3) is 3.85. The van der Waals surface area contributed by atoms with Crippen LogP contribution in [0.1, 0.15) is 21.6 Å². The van der Waals surface area contributed by atoms with E-state index in [9.17, 15) is 4.79 Å². The third-order valence-electron chi connectivity index (χ3n) is 5.56. The van der Waals surface area contributed by atoms with Gasteiger partial charge in [0.05, 0.1) is 16.1 Å². The molecule has 3 heterocycles. The first-order valence-corrected chi connectivity index (χ1v) is 11.8. The van der Waals surface area contributed by atoms with Crippen LogP contribution < -0.4 is 4.90 Å². The number of thiazole rings is 1. The second kappa shape index (κ2) is 8.09. The number of benzene rings is 2. The molecular formula is C23H22BrN5OS. The first-order chi connectivity index (χ1) is 15.0. The molecule has 0 unspecified atom stereocenters. The predicted octanol–water partition coefficient (Wildman–Crippen LogP) is 4.82. The number of carbonyl (C=O) groups is 1. The fourth-order valence-electron chi connectivity index (χ4n) is 3.83. The molecule has 1 aliphatic heterocycles. The molecule has 1 saturated heterocycles. The Kier molecular flexibility index (Phi) is 5.27. The summed E-state index contributed by atoms with van der Waals surface area (Å²) in [4.78, 5) is 22.0. The largest absolute Gasteiger partial charge is 0.344 e. The smallest absolute Gasteiger partial charge is 0.254 e. The van der Waals surface area contributed by atoms with Crippen LogP contribution in [0, 0.1) is 13.8 Å². The molecule has 2 aromatic heterocycles. The second-order valence-corrected chi connectivity index (χ2v) is 9.66. The van der Waals surface area contributed by atoms with E-state index in [0.717, 1.165) is 50.0 Å². The number of aryl methyl sites for hydroxylation is 2. The molecule has 0 N–H and O–H groups in total. The highest BCUT2D eigenvalue weighted by Gasteiger charge is 2.25. The van der Waals surface area contributed by atoms with Crippen molar-refractivity contribution in [3.8, 4) is 5.69 Å². The van der Waals surface area contributed by atoms with Crippen LogP contribution in [0.25, 0.3) is 16.0 Å². The summed E-state index contributed by atoms with van der Waals surface area (Å²) in [5.74, 6) is 0.0797. The van der Waals surface area contributed by atoms with Crippen molar-refractivity contribution in [3.05, 3.63) is 69.8 Å². The van der Waals surface area contributed by atoms with Crippen molar-refractivity contribution in [2.24, 2.45) is 0 Å². The molecule has 0 radical (unpaired) electrons. The van der Waals surface area contributed by atoms with E-state index in [-0.39, 0.29) is 5.91 Å². The van der Waals surface area contributed by atoms with Crippen LogP contribution in [-0.2, 0) is 0 Å². The Balaban J connectivity index is 1.35. The Morgan fingerprint density at radius 3 is 2.48 bits per heavy atom. The van der Waals surface area contributed by atoms with Crippen molar-refractivity contribution < 1.29 is 4.79 Å². The van der Waals surface area contributed by atoms with Gasteiger partial charge in [-0.25, -0.2) is 4.68 Å². The summed E-state index contributed by atoms with van der Waals surface area (Å²) in [5.41, 5.74) is 4.84. The molecule has 0 bridgehead atoms. The van der Waals surface area contributed by atoms with E-state index in [2.05, 4.69) is 52.0 Å². The summed E-state index contributed by atoms with van der Waals surface area (Å²) in [6.07, 6.45) is 0. The van der Waals surface area contributed by atoms with Gasteiger partial charge in [-0.05, 0) is 44.2 Å². The minimum Gasteiger partial charge on any atom is -0.344 e.